The molecule has 29 heavy (non-hydrogen) atoms. The normalized spacial score (nSPS) is 15.4. The fraction of sp³-hybridized carbons (Fsp3) is 0.636. The number of benzene rings is 1. The van der Waals surface area contributed by atoms with Crippen molar-refractivity contribution in [2.75, 3.05) is 40.3 Å². The Morgan fingerprint density at radius 1 is 1.10 bits per heavy atom. The number of likely N-dealkylation sites (tertiary alicyclic amines) is 1. The second kappa shape index (κ2) is 15.5. The molecule has 0 aliphatic carbocycles. The molecule has 1 aromatic carbocycles. The van der Waals surface area contributed by atoms with Crippen LogP contribution in [-0.4, -0.2) is 57.2 Å². The third-order valence-electron chi connectivity index (χ3n) is 5.28. The topological polar surface area (TPSA) is 66.0 Å². The highest BCUT2D eigenvalue weighted by Crippen LogP contribution is 2.24. The molecule has 6 nitrogen and oxygen atoms in total. The zero-order chi connectivity index (χ0) is 20.0. The van der Waals surface area contributed by atoms with Crippen LogP contribution in [0, 0.1) is 0 Å². The number of carbonyl (C=O) groups excluding carboxylic acids is 1. The van der Waals surface area contributed by atoms with E-state index in [0.717, 1.165) is 44.7 Å². The average Bonchev–Trinajstić information content (AvgIpc) is 3.26. The van der Waals surface area contributed by atoms with Gasteiger partial charge in [-0.25, -0.2) is 0 Å². The molecule has 2 N–H and O–H groups in total. The van der Waals surface area contributed by atoms with E-state index in [2.05, 4.69) is 55.6 Å². The summed E-state index contributed by atoms with van der Waals surface area (Å²) in [6, 6.07) is 11.1. The molecule has 164 valence electrons. The molecule has 1 heterocycles. The maximum atomic E-state index is 11.1. The molecule has 1 saturated heterocycles. The SMILES string of the molecule is CN=C(NCCCCCCC(=O)OC)NCC(c1ccccc1)N1CCCC1.I. The maximum absolute atomic E-state index is 11.1. The van der Waals surface area contributed by atoms with Crippen LogP contribution < -0.4 is 10.6 Å². The zero-order valence-electron chi connectivity index (χ0n) is 17.9. The van der Waals surface area contributed by atoms with Crippen LogP contribution in [0.15, 0.2) is 35.3 Å². The third kappa shape index (κ3) is 9.80. The Hall–Kier alpha value is -1.35. The average molecular weight is 516 g/mol. The van der Waals surface area contributed by atoms with Crippen LogP contribution in [0.25, 0.3) is 0 Å². The molecular formula is C22H37IN4O2. The van der Waals surface area contributed by atoms with E-state index < -0.39 is 0 Å². The number of rotatable bonds is 11. The number of halogens is 1. The van der Waals surface area contributed by atoms with Crippen LogP contribution in [0.4, 0.5) is 0 Å². The Balaban J connectivity index is 0.00000420. The number of hydrogen-bond acceptors (Lipinski definition) is 4. The number of nitrogens with zero attached hydrogens (tertiary/aromatic N) is 2. The summed E-state index contributed by atoms with van der Waals surface area (Å²) in [7, 11) is 3.26. The molecule has 1 unspecified atom stereocenters. The van der Waals surface area contributed by atoms with Gasteiger partial charge >= 0.3 is 5.97 Å². The lowest BCUT2D eigenvalue weighted by molar-refractivity contribution is -0.140. The second-order valence-corrected chi connectivity index (χ2v) is 7.29. The summed E-state index contributed by atoms with van der Waals surface area (Å²) in [4.78, 5) is 18.0. The predicted molar refractivity (Wildman–Crippen MR) is 130 cm³/mol. The van der Waals surface area contributed by atoms with Gasteiger partial charge in [0.05, 0.1) is 13.2 Å². The van der Waals surface area contributed by atoms with Gasteiger partial charge in [-0.2, -0.15) is 0 Å². The smallest absolute Gasteiger partial charge is 0.305 e. The first kappa shape index (κ1) is 25.7. The largest absolute Gasteiger partial charge is 0.469 e. The van der Waals surface area contributed by atoms with Gasteiger partial charge in [0.25, 0.3) is 0 Å². The molecule has 2 rings (SSSR count). The van der Waals surface area contributed by atoms with E-state index in [1.54, 1.807) is 0 Å². The maximum Gasteiger partial charge on any atom is 0.305 e. The fourth-order valence-electron chi connectivity index (χ4n) is 3.66. The van der Waals surface area contributed by atoms with Crippen molar-refractivity contribution in [3.8, 4) is 0 Å². The number of nitrogens with one attached hydrogen (secondary N) is 2. The Labute approximate surface area is 192 Å². The lowest BCUT2D eigenvalue weighted by atomic mass is 10.1. The first-order chi connectivity index (χ1) is 13.7. The molecule has 0 saturated carbocycles. The van der Waals surface area contributed by atoms with Gasteiger partial charge in [-0.3, -0.25) is 14.7 Å². The van der Waals surface area contributed by atoms with Gasteiger partial charge in [0, 0.05) is 26.6 Å². The molecule has 7 heteroatoms. The number of ether oxygens (including phenoxy) is 1. The van der Waals surface area contributed by atoms with Crippen molar-refractivity contribution in [1.29, 1.82) is 0 Å². The molecule has 1 aromatic rings. The van der Waals surface area contributed by atoms with Crippen molar-refractivity contribution in [1.82, 2.24) is 15.5 Å². The Morgan fingerprint density at radius 3 is 2.45 bits per heavy atom. The van der Waals surface area contributed by atoms with Crippen LogP contribution in [0.3, 0.4) is 0 Å². The standard InChI is InChI=1S/C22H36N4O2.HI/c1-23-22(24-15-9-4-3-8-14-21(27)28-2)25-18-20(26-16-10-11-17-26)19-12-6-5-7-13-19;/h5-7,12-13,20H,3-4,8-11,14-18H2,1-2H3,(H2,23,24,25);1H. The Kier molecular flexibility index (Phi) is 13.7. The van der Waals surface area contributed by atoms with Crippen LogP contribution in [0.1, 0.15) is 56.6 Å². The van der Waals surface area contributed by atoms with Crippen molar-refractivity contribution in [3.05, 3.63) is 35.9 Å². The van der Waals surface area contributed by atoms with Crippen LogP contribution >= 0.6 is 24.0 Å². The summed E-state index contributed by atoms with van der Waals surface area (Å²) in [5.74, 6) is 0.739. The summed E-state index contributed by atoms with van der Waals surface area (Å²) >= 11 is 0. The van der Waals surface area contributed by atoms with E-state index in [1.807, 2.05) is 7.05 Å². The van der Waals surface area contributed by atoms with Crippen molar-refractivity contribution < 1.29 is 9.53 Å². The summed E-state index contributed by atoms with van der Waals surface area (Å²) in [5.41, 5.74) is 1.36. The highest BCUT2D eigenvalue weighted by molar-refractivity contribution is 14.0. The minimum atomic E-state index is -0.117. The lowest BCUT2D eigenvalue weighted by Gasteiger charge is -2.29. The van der Waals surface area contributed by atoms with Gasteiger partial charge in [0.2, 0.25) is 0 Å². The number of methoxy groups -OCH3 is 1. The van der Waals surface area contributed by atoms with Gasteiger partial charge < -0.3 is 15.4 Å². The van der Waals surface area contributed by atoms with E-state index in [9.17, 15) is 4.79 Å². The number of hydrogen-bond donors (Lipinski definition) is 2. The van der Waals surface area contributed by atoms with E-state index in [0.29, 0.717) is 12.5 Å². The molecular weight excluding hydrogens is 479 g/mol. The van der Waals surface area contributed by atoms with Gasteiger partial charge in [-0.05, 0) is 44.3 Å². The molecule has 0 bridgehead atoms. The third-order valence-corrected chi connectivity index (χ3v) is 5.28. The van der Waals surface area contributed by atoms with E-state index in [1.165, 1.54) is 38.6 Å². The highest BCUT2D eigenvalue weighted by atomic mass is 127. The van der Waals surface area contributed by atoms with E-state index in [-0.39, 0.29) is 29.9 Å². The van der Waals surface area contributed by atoms with Gasteiger partial charge in [0.1, 0.15) is 0 Å². The monoisotopic (exact) mass is 516 g/mol. The van der Waals surface area contributed by atoms with Crippen LogP contribution in [0.2, 0.25) is 0 Å². The van der Waals surface area contributed by atoms with Crippen molar-refractivity contribution >= 4 is 35.9 Å². The molecule has 0 amide bonds. The summed E-state index contributed by atoms with van der Waals surface area (Å²) in [6.07, 6.45) is 7.20. The summed E-state index contributed by atoms with van der Waals surface area (Å²) in [6.45, 7) is 4.07. The molecule has 0 spiro atoms. The number of carbonyl (C=O) groups is 1. The van der Waals surface area contributed by atoms with Crippen molar-refractivity contribution in [3.63, 3.8) is 0 Å². The highest BCUT2D eigenvalue weighted by Gasteiger charge is 2.23. The molecule has 0 aromatic heterocycles. The van der Waals surface area contributed by atoms with E-state index in [4.69, 9.17) is 0 Å². The number of unbranched alkanes of at least 4 members (excludes halogenated alkanes) is 3. The summed E-state index contributed by atoms with van der Waals surface area (Å²) < 4.78 is 4.66. The Morgan fingerprint density at radius 2 is 1.79 bits per heavy atom. The second-order valence-electron chi connectivity index (χ2n) is 7.29. The number of aliphatic imine (C=N–C) groups is 1. The van der Waals surface area contributed by atoms with Gasteiger partial charge in [-0.1, -0.05) is 43.2 Å². The van der Waals surface area contributed by atoms with E-state index >= 15 is 0 Å². The van der Waals surface area contributed by atoms with Crippen LogP contribution in [-0.2, 0) is 9.53 Å². The van der Waals surface area contributed by atoms with Gasteiger partial charge in [-0.15, -0.1) is 24.0 Å². The first-order valence-corrected chi connectivity index (χ1v) is 10.5. The molecule has 1 fully saturated rings. The summed E-state index contributed by atoms with van der Waals surface area (Å²) in [5, 5.41) is 6.91. The first-order valence-electron chi connectivity index (χ1n) is 10.5. The van der Waals surface area contributed by atoms with Crippen LogP contribution in [0.5, 0.6) is 0 Å². The van der Waals surface area contributed by atoms with Crippen molar-refractivity contribution in [2.24, 2.45) is 4.99 Å². The minimum Gasteiger partial charge on any atom is -0.469 e. The lowest BCUT2D eigenvalue weighted by Crippen LogP contribution is -2.42. The van der Waals surface area contributed by atoms with Gasteiger partial charge in [0.15, 0.2) is 5.96 Å². The molecule has 1 atom stereocenters. The number of guanidine groups is 1. The molecule has 0 radical (unpaired) electrons. The minimum absolute atomic E-state index is 0. The predicted octanol–water partition coefficient (Wildman–Crippen LogP) is 3.73. The zero-order valence-corrected chi connectivity index (χ0v) is 20.2. The van der Waals surface area contributed by atoms with Crippen molar-refractivity contribution in [2.45, 2.75) is 51.0 Å². The quantitative estimate of drug-likeness (QED) is 0.154. The fourth-order valence-corrected chi connectivity index (χ4v) is 3.66. The molecule has 1 aliphatic rings. The number of esters is 1. The Bertz CT molecular complexity index is 592. The molecule has 1 aliphatic heterocycles.